The fourth-order valence-corrected chi connectivity index (χ4v) is 4.01. The Kier molecular flexibility index (Phi) is 5.74. The summed E-state index contributed by atoms with van der Waals surface area (Å²) in [5.41, 5.74) is 3.41. The van der Waals surface area contributed by atoms with Crippen LogP contribution in [0.15, 0.2) is 36.4 Å². The molecule has 6 heteroatoms. The van der Waals surface area contributed by atoms with Gasteiger partial charge in [0.2, 0.25) is 12.7 Å². The van der Waals surface area contributed by atoms with Crippen LogP contribution in [-0.4, -0.2) is 30.2 Å². The first-order valence-electron chi connectivity index (χ1n) is 9.74. The van der Waals surface area contributed by atoms with Crippen LogP contribution in [0.1, 0.15) is 36.0 Å². The lowest BCUT2D eigenvalue weighted by atomic mass is 10.1. The second kappa shape index (κ2) is 8.41. The van der Waals surface area contributed by atoms with Crippen LogP contribution in [0.3, 0.4) is 0 Å². The van der Waals surface area contributed by atoms with Crippen LogP contribution in [0.2, 0.25) is 5.02 Å². The second-order valence-corrected chi connectivity index (χ2v) is 7.87. The van der Waals surface area contributed by atoms with Gasteiger partial charge in [-0.15, -0.1) is 0 Å². The van der Waals surface area contributed by atoms with Crippen molar-refractivity contribution in [1.82, 2.24) is 10.2 Å². The summed E-state index contributed by atoms with van der Waals surface area (Å²) in [6, 6.07) is 12.4. The number of fused-ring (bicyclic) bond motifs is 1. The third-order valence-corrected chi connectivity index (χ3v) is 5.79. The Morgan fingerprint density at radius 3 is 2.71 bits per heavy atom. The van der Waals surface area contributed by atoms with Gasteiger partial charge in [-0.25, -0.2) is 0 Å². The zero-order valence-electron chi connectivity index (χ0n) is 16.0. The van der Waals surface area contributed by atoms with Gasteiger partial charge in [-0.1, -0.05) is 41.4 Å². The standard InChI is InChI=1S/C22H25ClN2O3/c1-15-2-4-16(5-3-15)13-25-18(6-7-22(25)26)8-9-24-12-17-10-20-21(11-19(17)23)28-14-27-20/h2-5,10-11,18,24H,6-9,12-14H2,1H3. The Hall–Kier alpha value is -2.24. The highest BCUT2D eigenvalue weighted by Crippen LogP contribution is 2.36. The number of halogens is 1. The highest BCUT2D eigenvalue weighted by Gasteiger charge is 2.30. The molecule has 1 unspecified atom stereocenters. The summed E-state index contributed by atoms with van der Waals surface area (Å²) >= 11 is 6.33. The maximum Gasteiger partial charge on any atom is 0.231 e. The van der Waals surface area contributed by atoms with Gasteiger partial charge in [-0.05, 0) is 43.5 Å². The minimum atomic E-state index is 0.245. The average molecular weight is 401 g/mol. The van der Waals surface area contributed by atoms with Crippen molar-refractivity contribution in [2.24, 2.45) is 0 Å². The van der Waals surface area contributed by atoms with E-state index in [-0.39, 0.29) is 18.7 Å². The lowest BCUT2D eigenvalue weighted by molar-refractivity contribution is -0.129. The zero-order valence-corrected chi connectivity index (χ0v) is 16.8. The van der Waals surface area contributed by atoms with Gasteiger partial charge in [0.1, 0.15) is 0 Å². The van der Waals surface area contributed by atoms with E-state index in [2.05, 4.69) is 36.5 Å². The molecule has 1 amide bonds. The van der Waals surface area contributed by atoms with Crippen LogP contribution in [0, 0.1) is 6.92 Å². The van der Waals surface area contributed by atoms with E-state index < -0.39 is 0 Å². The molecule has 5 nitrogen and oxygen atoms in total. The highest BCUT2D eigenvalue weighted by atomic mass is 35.5. The summed E-state index contributed by atoms with van der Waals surface area (Å²) in [7, 11) is 0. The number of amides is 1. The third-order valence-electron chi connectivity index (χ3n) is 5.44. The van der Waals surface area contributed by atoms with Gasteiger partial charge in [0.25, 0.3) is 0 Å². The molecule has 148 valence electrons. The van der Waals surface area contributed by atoms with Crippen LogP contribution in [0.25, 0.3) is 0 Å². The first-order valence-corrected chi connectivity index (χ1v) is 10.1. The Balaban J connectivity index is 1.29. The quantitative estimate of drug-likeness (QED) is 0.712. The Morgan fingerprint density at radius 2 is 1.93 bits per heavy atom. The number of likely N-dealkylation sites (tertiary alicyclic amines) is 1. The molecule has 0 bridgehead atoms. The van der Waals surface area contributed by atoms with E-state index in [4.69, 9.17) is 21.1 Å². The van der Waals surface area contributed by atoms with E-state index >= 15 is 0 Å². The number of carbonyl (C=O) groups excluding carboxylic acids is 1. The molecule has 1 N–H and O–H groups in total. The molecule has 2 aromatic carbocycles. The van der Waals surface area contributed by atoms with Crippen molar-refractivity contribution < 1.29 is 14.3 Å². The molecule has 0 saturated carbocycles. The smallest absolute Gasteiger partial charge is 0.231 e. The molecule has 4 rings (SSSR count). The summed E-state index contributed by atoms with van der Waals surface area (Å²) in [5, 5.41) is 4.12. The number of hydrogen-bond donors (Lipinski definition) is 1. The minimum absolute atomic E-state index is 0.245. The Bertz CT molecular complexity index is 854. The molecule has 28 heavy (non-hydrogen) atoms. The van der Waals surface area contributed by atoms with Gasteiger partial charge >= 0.3 is 0 Å². The first-order chi connectivity index (χ1) is 13.6. The van der Waals surface area contributed by atoms with E-state index in [1.54, 1.807) is 6.07 Å². The van der Waals surface area contributed by atoms with Crippen molar-refractivity contribution in [1.29, 1.82) is 0 Å². The lowest BCUT2D eigenvalue weighted by Crippen LogP contribution is -2.34. The van der Waals surface area contributed by atoms with Crippen LogP contribution in [0.5, 0.6) is 11.5 Å². The van der Waals surface area contributed by atoms with Gasteiger partial charge in [0, 0.05) is 36.6 Å². The first kappa shape index (κ1) is 19.1. The second-order valence-electron chi connectivity index (χ2n) is 7.46. The monoisotopic (exact) mass is 400 g/mol. The lowest BCUT2D eigenvalue weighted by Gasteiger charge is -2.25. The van der Waals surface area contributed by atoms with Crippen LogP contribution in [-0.2, 0) is 17.9 Å². The molecule has 2 heterocycles. The number of nitrogens with zero attached hydrogens (tertiary/aromatic N) is 1. The predicted molar refractivity (Wildman–Crippen MR) is 109 cm³/mol. The maximum atomic E-state index is 12.3. The number of benzene rings is 2. The third kappa shape index (κ3) is 4.26. The van der Waals surface area contributed by atoms with Crippen LogP contribution in [0.4, 0.5) is 0 Å². The summed E-state index contributed by atoms with van der Waals surface area (Å²) < 4.78 is 10.8. The summed E-state index contributed by atoms with van der Waals surface area (Å²) in [6.07, 6.45) is 2.50. The van der Waals surface area contributed by atoms with Crippen molar-refractivity contribution in [3.63, 3.8) is 0 Å². The number of hydrogen-bond acceptors (Lipinski definition) is 4. The van der Waals surface area contributed by atoms with Crippen molar-refractivity contribution in [2.75, 3.05) is 13.3 Å². The fourth-order valence-electron chi connectivity index (χ4n) is 3.79. The summed E-state index contributed by atoms with van der Waals surface area (Å²) in [4.78, 5) is 14.4. The molecule has 0 spiro atoms. The van der Waals surface area contributed by atoms with Crippen LogP contribution < -0.4 is 14.8 Å². The fraction of sp³-hybridized carbons (Fsp3) is 0.409. The molecule has 0 aliphatic carbocycles. The van der Waals surface area contributed by atoms with E-state index in [0.717, 1.165) is 30.7 Å². The van der Waals surface area contributed by atoms with Crippen molar-refractivity contribution >= 4 is 17.5 Å². The number of carbonyl (C=O) groups is 1. The van der Waals surface area contributed by atoms with Gasteiger partial charge in [0.15, 0.2) is 11.5 Å². The highest BCUT2D eigenvalue weighted by molar-refractivity contribution is 6.31. The van der Waals surface area contributed by atoms with E-state index in [1.165, 1.54) is 11.1 Å². The van der Waals surface area contributed by atoms with E-state index in [0.29, 0.717) is 30.3 Å². The van der Waals surface area contributed by atoms with Crippen LogP contribution >= 0.6 is 11.6 Å². The molecule has 1 atom stereocenters. The van der Waals surface area contributed by atoms with Gasteiger partial charge in [-0.3, -0.25) is 4.79 Å². The summed E-state index contributed by atoms with van der Waals surface area (Å²) in [5.74, 6) is 1.70. The number of rotatable bonds is 7. The maximum absolute atomic E-state index is 12.3. The van der Waals surface area contributed by atoms with E-state index in [9.17, 15) is 4.79 Å². The zero-order chi connectivity index (χ0) is 19.5. The molecule has 0 aromatic heterocycles. The topological polar surface area (TPSA) is 50.8 Å². The number of nitrogens with one attached hydrogen (secondary N) is 1. The van der Waals surface area contributed by atoms with Crippen molar-refractivity contribution in [2.45, 2.75) is 45.3 Å². The molecular weight excluding hydrogens is 376 g/mol. The molecule has 2 aliphatic heterocycles. The number of ether oxygens (including phenoxy) is 2. The average Bonchev–Trinajstić information content (AvgIpc) is 3.27. The Labute approximate surface area is 170 Å². The number of aryl methyl sites for hydroxylation is 1. The van der Waals surface area contributed by atoms with Gasteiger partial charge in [-0.2, -0.15) is 0 Å². The normalized spacial score (nSPS) is 18.1. The molecule has 2 aliphatic rings. The largest absolute Gasteiger partial charge is 0.454 e. The molecule has 1 saturated heterocycles. The van der Waals surface area contributed by atoms with Gasteiger partial charge < -0.3 is 19.7 Å². The van der Waals surface area contributed by atoms with Crippen molar-refractivity contribution in [3.8, 4) is 11.5 Å². The molecular formula is C22H25ClN2O3. The molecule has 2 aromatic rings. The molecule has 1 fully saturated rings. The summed E-state index contributed by atoms with van der Waals surface area (Å²) in [6.45, 7) is 4.50. The molecule has 0 radical (unpaired) electrons. The Morgan fingerprint density at radius 1 is 1.18 bits per heavy atom. The predicted octanol–water partition coefficient (Wildman–Crippen LogP) is 4.05. The van der Waals surface area contributed by atoms with Gasteiger partial charge in [0.05, 0.1) is 0 Å². The SMILES string of the molecule is Cc1ccc(CN2C(=O)CCC2CCNCc2cc3c(cc2Cl)OCO3)cc1. The van der Waals surface area contributed by atoms with Crippen molar-refractivity contribution in [3.05, 3.63) is 58.1 Å². The van der Waals surface area contributed by atoms with E-state index in [1.807, 2.05) is 11.0 Å². The minimum Gasteiger partial charge on any atom is -0.454 e.